The first-order chi connectivity index (χ1) is 6.17. The van der Waals surface area contributed by atoms with Crippen LogP contribution in [0.3, 0.4) is 0 Å². The van der Waals surface area contributed by atoms with Crippen LogP contribution in [-0.4, -0.2) is 16.2 Å². The van der Waals surface area contributed by atoms with E-state index in [0.29, 0.717) is 0 Å². The maximum Gasteiger partial charge on any atom is 0.116 e. The maximum absolute atomic E-state index is 4.19. The molecule has 0 aromatic carbocycles. The van der Waals surface area contributed by atoms with Crippen LogP contribution >= 0.6 is 0 Å². The van der Waals surface area contributed by atoms with Gasteiger partial charge < -0.3 is 0 Å². The van der Waals surface area contributed by atoms with Gasteiger partial charge in [0.15, 0.2) is 0 Å². The molecular weight excluding hydrogens is 162 g/mol. The van der Waals surface area contributed by atoms with Gasteiger partial charge in [0.1, 0.15) is 6.33 Å². The van der Waals surface area contributed by atoms with Crippen LogP contribution in [0, 0.1) is 5.41 Å². The molecule has 0 N–H and O–H groups in total. The monoisotopic (exact) mass is 173 g/mol. The molecule has 1 aromatic rings. The van der Waals surface area contributed by atoms with Gasteiger partial charge in [-0.05, 0) is 0 Å². The molecule has 0 saturated carbocycles. The minimum Gasteiger partial charge on any atom is -0.266 e. The third kappa shape index (κ3) is 1.64. The quantitative estimate of drug-likeness (QED) is 0.558. The van der Waals surface area contributed by atoms with Gasteiger partial charge in [-0.2, -0.15) is 0 Å². The van der Waals surface area contributed by atoms with Crippen molar-refractivity contribution in [3.05, 3.63) is 23.1 Å². The van der Waals surface area contributed by atoms with Crippen molar-refractivity contribution in [2.45, 2.75) is 13.8 Å². The highest BCUT2D eigenvalue weighted by Crippen LogP contribution is 2.13. The Morgan fingerprint density at radius 3 is 3.00 bits per heavy atom. The van der Waals surface area contributed by atoms with Crippen LogP contribution in [0.25, 0.3) is 12.3 Å². The molecule has 0 aliphatic carbocycles. The normalized spacial score (nSPS) is 18.0. The molecule has 0 spiro atoms. The van der Waals surface area contributed by atoms with Crippen molar-refractivity contribution in [3.8, 4) is 0 Å². The van der Waals surface area contributed by atoms with Crippen LogP contribution in [0.5, 0.6) is 0 Å². The summed E-state index contributed by atoms with van der Waals surface area (Å²) in [5, 5.41) is 1.93. The lowest BCUT2D eigenvalue weighted by Crippen LogP contribution is -2.29. The van der Waals surface area contributed by atoms with E-state index >= 15 is 0 Å². The van der Waals surface area contributed by atoms with Gasteiger partial charge in [0.05, 0.1) is 11.5 Å². The molecule has 1 aliphatic rings. The Morgan fingerprint density at radius 1 is 1.31 bits per heavy atom. The van der Waals surface area contributed by atoms with Crippen LogP contribution in [0.1, 0.15) is 13.8 Å². The number of hydrogen-bond acceptors (Lipinski definition) is 3. The molecule has 0 atom stereocenters. The largest absolute Gasteiger partial charge is 0.266 e. The number of aliphatic imine (C=N–C) groups is 1. The molecule has 0 unspecified atom stereocenters. The molecule has 0 fully saturated rings. The van der Waals surface area contributed by atoms with Gasteiger partial charge in [0.25, 0.3) is 0 Å². The van der Waals surface area contributed by atoms with Crippen molar-refractivity contribution in [3.63, 3.8) is 0 Å². The highest BCUT2D eigenvalue weighted by atomic mass is 14.8. The fourth-order valence-electron chi connectivity index (χ4n) is 1.31. The summed E-state index contributed by atoms with van der Waals surface area (Å²) in [5.41, 5.74) is -0.0214. The zero-order valence-corrected chi connectivity index (χ0v) is 7.73. The molecular formula is C10H11N3. The summed E-state index contributed by atoms with van der Waals surface area (Å²) in [6, 6.07) is 0. The Balaban J connectivity index is 2.77. The lowest BCUT2D eigenvalue weighted by molar-refractivity contribution is 0.740. The topological polar surface area (TPSA) is 38.1 Å². The summed E-state index contributed by atoms with van der Waals surface area (Å²) in [5.74, 6) is 0. The number of rotatable bonds is 0. The Labute approximate surface area is 76.6 Å². The lowest BCUT2D eigenvalue weighted by Gasteiger charge is -2.10. The molecule has 3 nitrogen and oxygen atoms in total. The van der Waals surface area contributed by atoms with E-state index in [4.69, 9.17) is 0 Å². The van der Waals surface area contributed by atoms with Crippen molar-refractivity contribution in [1.82, 2.24) is 9.97 Å². The van der Waals surface area contributed by atoms with E-state index in [1.807, 2.05) is 12.4 Å². The van der Waals surface area contributed by atoms with Crippen LogP contribution in [0.4, 0.5) is 0 Å². The molecule has 2 heterocycles. The SMILES string of the molecule is CC1(C)C=NC=c2ncncc2=C1. The van der Waals surface area contributed by atoms with Crippen LogP contribution < -0.4 is 10.6 Å². The molecule has 0 bridgehead atoms. The maximum atomic E-state index is 4.19. The van der Waals surface area contributed by atoms with Crippen molar-refractivity contribution in [2.24, 2.45) is 10.4 Å². The molecule has 13 heavy (non-hydrogen) atoms. The van der Waals surface area contributed by atoms with Crippen LogP contribution in [-0.2, 0) is 0 Å². The first-order valence-electron chi connectivity index (χ1n) is 4.21. The molecule has 0 saturated heterocycles. The summed E-state index contributed by atoms with van der Waals surface area (Å²) in [6.07, 6.45) is 9.15. The average Bonchev–Trinajstić information content (AvgIpc) is 2.21. The van der Waals surface area contributed by atoms with Gasteiger partial charge in [0, 0.05) is 23.0 Å². The predicted octanol–water partition coefficient (Wildman–Crippen LogP) is 0.106. The average molecular weight is 173 g/mol. The van der Waals surface area contributed by atoms with E-state index in [-0.39, 0.29) is 5.41 Å². The second-order valence-corrected chi connectivity index (χ2v) is 3.74. The first-order valence-corrected chi connectivity index (χ1v) is 4.21. The fraction of sp³-hybridized carbons (Fsp3) is 0.300. The van der Waals surface area contributed by atoms with Crippen molar-refractivity contribution < 1.29 is 0 Å². The highest BCUT2D eigenvalue weighted by Gasteiger charge is 2.11. The molecule has 66 valence electrons. The molecule has 2 rings (SSSR count). The number of fused-ring (bicyclic) bond motifs is 1. The Kier molecular flexibility index (Phi) is 1.72. The van der Waals surface area contributed by atoms with Crippen molar-refractivity contribution in [2.75, 3.05) is 0 Å². The van der Waals surface area contributed by atoms with E-state index in [1.165, 1.54) is 6.33 Å². The van der Waals surface area contributed by atoms with Crippen molar-refractivity contribution in [1.29, 1.82) is 0 Å². The zero-order valence-electron chi connectivity index (χ0n) is 7.73. The minimum absolute atomic E-state index is 0.0214. The first kappa shape index (κ1) is 8.10. The Hall–Kier alpha value is -1.51. The molecule has 1 aromatic heterocycles. The van der Waals surface area contributed by atoms with E-state index in [2.05, 4.69) is 34.9 Å². The van der Waals surface area contributed by atoms with Crippen LogP contribution in [0.2, 0.25) is 0 Å². The summed E-state index contributed by atoms with van der Waals surface area (Å²) in [7, 11) is 0. The summed E-state index contributed by atoms with van der Waals surface area (Å²) in [6.45, 7) is 4.21. The summed E-state index contributed by atoms with van der Waals surface area (Å²) < 4.78 is 0. The van der Waals surface area contributed by atoms with Crippen molar-refractivity contribution >= 4 is 18.5 Å². The van der Waals surface area contributed by atoms with Gasteiger partial charge in [-0.3, -0.25) is 4.99 Å². The van der Waals surface area contributed by atoms with Gasteiger partial charge in [0.2, 0.25) is 0 Å². The molecule has 1 aliphatic heterocycles. The standard InChI is InChI=1S/C10H11N3/c1-10(2)3-8-4-12-7-13-9(8)5-11-6-10/h3-7H,1-2H3. The number of nitrogens with zero attached hydrogens (tertiary/aromatic N) is 3. The predicted molar refractivity (Wildman–Crippen MR) is 52.5 cm³/mol. The zero-order chi connectivity index (χ0) is 9.31. The smallest absolute Gasteiger partial charge is 0.116 e. The van der Waals surface area contributed by atoms with E-state index in [0.717, 1.165) is 10.6 Å². The van der Waals surface area contributed by atoms with Gasteiger partial charge >= 0.3 is 0 Å². The van der Waals surface area contributed by atoms with E-state index in [9.17, 15) is 0 Å². The number of hydrogen-bond donors (Lipinski definition) is 0. The third-order valence-electron chi connectivity index (χ3n) is 1.90. The second-order valence-electron chi connectivity index (χ2n) is 3.74. The summed E-state index contributed by atoms with van der Waals surface area (Å²) in [4.78, 5) is 12.3. The Bertz CT molecular complexity index is 457. The third-order valence-corrected chi connectivity index (χ3v) is 1.90. The van der Waals surface area contributed by atoms with Gasteiger partial charge in [-0.1, -0.05) is 19.9 Å². The van der Waals surface area contributed by atoms with Gasteiger partial charge in [-0.15, -0.1) is 0 Å². The Morgan fingerprint density at radius 2 is 2.15 bits per heavy atom. The van der Waals surface area contributed by atoms with Crippen LogP contribution in [0.15, 0.2) is 17.5 Å². The second kappa shape index (κ2) is 2.76. The number of aromatic nitrogens is 2. The molecule has 0 amide bonds. The molecule has 3 heteroatoms. The molecule has 0 radical (unpaired) electrons. The van der Waals surface area contributed by atoms with Gasteiger partial charge in [-0.25, -0.2) is 9.97 Å². The highest BCUT2D eigenvalue weighted by molar-refractivity contribution is 5.76. The fourth-order valence-corrected chi connectivity index (χ4v) is 1.31. The van der Waals surface area contributed by atoms with E-state index < -0.39 is 0 Å². The summed E-state index contributed by atoms with van der Waals surface area (Å²) >= 11 is 0. The minimum atomic E-state index is -0.0214. The van der Waals surface area contributed by atoms with E-state index in [1.54, 1.807) is 6.20 Å². The lowest BCUT2D eigenvalue weighted by atomic mass is 9.94.